The third kappa shape index (κ3) is 4.58. The maximum atomic E-state index is 11.8. The van der Waals surface area contributed by atoms with Gasteiger partial charge in [-0.05, 0) is 57.2 Å². The molecule has 0 aliphatic heterocycles. The number of amides is 1. The predicted octanol–water partition coefficient (Wildman–Crippen LogP) is 3.18. The third-order valence-electron chi connectivity index (χ3n) is 5.90. The van der Waals surface area contributed by atoms with Crippen LogP contribution in [-0.4, -0.2) is 54.9 Å². The highest BCUT2D eigenvalue weighted by Crippen LogP contribution is 2.30. The number of fused-ring (bicyclic) bond motifs is 3. The third-order valence-corrected chi connectivity index (χ3v) is 5.90. The molecule has 0 spiro atoms. The molecule has 10 heteroatoms. The van der Waals surface area contributed by atoms with E-state index in [0.717, 1.165) is 52.3 Å². The molecule has 1 atom stereocenters. The van der Waals surface area contributed by atoms with Crippen LogP contribution in [0.5, 0.6) is 0 Å². The number of aliphatic hydroxyl groups is 1. The maximum absolute atomic E-state index is 11.8. The van der Waals surface area contributed by atoms with Crippen LogP contribution in [0.15, 0.2) is 22.7 Å². The Hall–Kier alpha value is -3.53. The molecule has 0 aliphatic carbocycles. The largest absolute Gasteiger partial charge is 0.383 e. The number of nitrogens with one attached hydrogen (secondary N) is 2. The SMILES string of the molecule is Cc1noc(C)c1-c1ccc2nc(NCCCCNC(=O)[C@H](O)C(C)C)c3nnc(C)n3c2c1. The molecule has 0 saturated heterocycles. The van der Waals surface area contributed by atoms with Crippen molar-refractivity contribution in [3.05, 3.63) is 35.5 Å². The molecule has 0 aliphatic rings. The minimum atomic E-state index is -0.970. The lowest BCUT2D eigenvalue weighted by atomic mass is 10.0. The van der Waals surface area contributed by atoms with Crippen LogP contribution in [0.25, 0.3) is 27.8 Å². The summed E-state index contributed by atoms with van der Waals surface area (Å²) >= 11 is 0. The van der Waals surface area contributed by atoms with Crippen LogP contribution in [0.1, 0.15) is 44.0 Å². The van der Waals surface area contributed by atoms with E-state index < -0.39 is 6.10 Å². The van der Waals surface area contributed by atoms with Crippen molar-refractivity contribution in [2.75, 3.05) is 18.4 Å². The summed E-state index contributed by atoms with van der Waals surface area (Å²) in [4.78, 5) is 16.6. The van der Waals surface area contributed by atoms with Gasteiger partial charge in [0.1, 0.15) is 17.7 Å². The van der Waals surface area contributed by atoms with Gasteiger partial charge in [0.05, 0.1) is 16.7 Å². The highest BCUT2D eigenvalue weighted by atomic mass is 16.5. The smallest absolute Gasteiger partial charge is 0.249 e. The van der Waals surface area contributed by atoms with E-state index in [-0.39, 0.29) is 11.8 Å². The van der Waals surface area contributed by atoms with E-state index in [1.807, 2.05) is 51.2 Å². The van der Waals surface area contributed by atoms with Gasteiger partial charge in [0.2, 0.25) is 11.6 Å². The summed E-state index contributed by atoms with van der Waals surface area (Å²) in [6.07, 6.45) is 0.629. The van der Waals surface area contributed by atoms with Gasteiger partial charge in [-0.3, -0.25) is 9.20 Å². The highest BCUT2D eigenvalue weighted by Gasteiger charge is 2.18. The summed E-state index contributed by atoms with van der Waals surface area (Å²) in [5.74, 6) is 1.78. The zero-order valence-corrected chi connectivity index (χ0v) is 20.2. The first-order valence-corrected chi connectivity index (χ1v) is 11.6. The number of benzene rings is 1. The molecule has 3 N–H and O–H groups in total. The van der Waals surface area contributed by atoms with Crippen molar-refractivity contribution < 1.29 is 14.4 Å². The van der Waals surface area contributed by atoms with Crippen molar-refractivity contribution in [2.45, 2.75) is 53.6 Å². The van der Waals surface area contributed by atoms with Crippen LogP contribution in [0.4, 0.5) is 5.82 Å². The van der Waals surface area contributed by atoms with Gasteiger partial charge >= 0.3 is 0 Å². The number of aliphatic hydroxyl groups excluding tert-OH is 1. The molecule has 0 fully saturated rings. The van der Waals surface area contributed by atoms with Crippen molar-refractivity contribution in [3.63, 3.8) is 0 Å². The van der Waals surface area contributed by atoms with Crippen LogP contribution < -0.4 is 10.6 Å². The van der Waals surface area contributed by atoms with Crippen molar-refractivity contribution in [1.29, 1.82) is 0 Å². The first-order valence-electron chi connectivity index (χ1n) is 11.6. The Labute approximate surface area is 197 Å². The second-order valence-corrected chi connectivity index (χ2v) is 8.88. The lowest BCUT2D eigenvalue weighted by Gasteiger charge is -2.14. The fourth-order valence-corrected chi connectivity index (χ4v) is 4.02. The van der Waals surface area contributed by atoms with Gasteiger partial charge in [0.15, 0.2) is 5.82 Å². The first kappa shape index (κ1) is 23.6. The summed E-state index contributed by atoms with van der Waals surface area (Å²) in [7, 11) is 0. The number of rotatable bonds is 9. The Bertz CT molecular complexity index is 1310. The quantitative estimate of drug-likeness (QED) is 0.321. The van der Waals surface area contributed by atoms with E-state index in [2.05, 4.69) is 32.1 Å². The van der Waals surface area contributed by atoms with E-state index in [1.165, 1.54) is 0 Å². The molecule has 0 bridgehead atoms. The Morgan fingerprint density at radius 1 is 1.15 bits per heavy atom. The molecule has 4 aromatic rings. The van der Waals surface area contributed by atoms with E-state index in [1.54, 1.807) is 0 Å². The van der Waals surface area contributed by atoms with Gasteiger partial charge in [-0.15, -0.1) is 10.2 Å². The number of aryl methyl sites for hydroxylation is 3. The van der Waals surface area contributed by atoms with Crippen molar-refractivity contribution in [2.24, 2.45) is 5.92 Å². The summed E-state index contributed by atoms with van der Waals surface area (Å²) in [5.41, 5.74) is 5.22. The number of anilines is 1. The molecular weight excluding hydrogens is 434 g/mol. The van der Waals surface area contributed by atoms with Crippen LogP contribution in [-0.2, 0) is 4.79 Å². The highest BCUT2D eigenvalue weighted by molar-refractivity contribution is 5.87. The molecule has 0 unspecified atom stereocenters. The van der Waals surface area contributed by atoms with Crippen molar-refractivity contribution in [1.82, 2.24) is 30.1 Å². The van der Waals surface area contributed by atoms with Gasteiger partial charge in [0.25, 0.3) is 0 Å². The summed E-state index contributed by atoms with van der Waals surface area (Å²) in [6.45, 7) is 10.6. The number of hydrogen-bond donors (Lipinski definition) is 3. The second kappa shape index (κ2) is 9.76. The van der Waals surface area contributed by atoms with Crippen LogP contribution >= 0.6 is 0 Å². The number of hydrogen-bond acceptors (Lipinski definition) is 8. The van der Waals surface area contributed by atoms with Crippen molar-refractivity contribution >= 4 is 28.4 Å². The standard InChI is InChI=1S/C24H31N7O3/c1-13(2)21(32)24(33)26-11-7-6-10-25-22-23-29-28-16(5)31(23)19-12-17(8-9-18(19)27-22)20-14(3)30-34-15(20)4/h8-9,12-13,21,32H,6-7,10-11H2,1-5H3,(H,25,27)(H,26,33)/t21-/m1/s1. The average Bonchev–Trinajstić information content (AvgIpc) is 3.37. The van der Waals surface area contributed by atoms with Gasteiger partial charge < -0.3 is 20.3 Å². The summed E-state index contributed by atoms with van der Waals surface area (Å²) in [6, 6.07) is 6.07. The number of carbonyl (C=O) groups excluding carboxylic acids is 1. The minimum Gasteiger partial charge on any atom is -0.383 e. The summed E-state index contributed by atoms with van der Waals surface area (Å²) < 4.78 is 7.34. The zero-order chi connectivity index (χ0) is 24.4. The molecule has 1 amide bonds. The number of aromatic nitrogens is 5. The topological polar surface area (TPSA) is 130 Å². The number of carbonyl (C=O) groups is 1. The fraction of sp³-hybridized carbons (Fsp3) is 0.458. The van der Waals surface area contributed by atoms with Gasteiger partial charge in [-0.2, -0.15) is 0 Å². The molecule has 34 heavy (non-hydrogen) atoms. The lowest BCUT2D eigenvalue weighted by Crippen LogP contribution is -2.38. The van der Waals surface area contributed by atoms with Gasteiger partial charge in [0, 0.05) is 18.7 Å². The van der Waals surface area contributed by atoms with E-state index in [9.17, 15) is 9.90 Å². The molecule has 0 radical (unpaired) electrons. The second-order valence-electron chi connectivity index (χ2n) is 8.88. The molecule has 10 nitrogen and oxygen atoms in total. The molecule has 3 aromatic heterocycles. The number of unbranched alkanes of at least 4 members (excludes halogenated alkanes) is 1. The van der Waals surface area contributed by atoms with E-state index in [4.69, 9.17) is 9.51 Å². The Morgan fingerprint density at radius 2 is 1.91 bits per heavy atom. The van der Waals surface area contributed by atoms with Crippen LogP contribution in [0.2, 0.25) is 0 Å². The number of nitrogens with zero attached hydrogens (tertiary/aromatic N) is 5. The van der Waals surface area contributed by atoms with E-state index in [0.29, 0.717) is 24.6 Å². The maximum Gasteiger partial charge on any atom is 0.249 e. The minimum absolute atomic E-state index is 0.102. The molecule has 0 saturated carbocycles. The Morgan fingerprint density at radius 3 is 2.62 bits per heavy atom. The molecular formula is C24H31N7O3. The summed E-state index contributed by atoms with van der Waals surface area (Å²) in [5, 5.41) is 28.6. The van der Waals surface area contributed by atoms with Crippen LogP contribution in [0.3, 0.4) is 0 Å². The fourth-order valence-electron chi connectivity index (χ4n) is 4.02. The molecule has 1 aromatic carbocycles. The molecule has 4 rings (SSSR count). The van der Waals surface area contributed by atoms with Crippen LogP contribution in [0, 0.1) is 26.7 Å². The molecule has 3 heterocycles. The van der Waals surface area contributed by atoms with E-state index >= 15 is 0 Å². The van der Waals surface area contributed by atoms with Gasteiger partial charge in [-0.25, -0.2) is 4.98 Å². The average molecular weight is 466 g/mol. The Balaban J connectivity index is 1.49. The monoisotopic (exact) mass is 465 g/mol. The normalized spacial score (nSPS) is 12.6. The Kier molecular flexibility index (Phi) is 6.78. The zero-order valence-electron chi connectivity index (χ0n) is 20.2. The molecule has 180 valence electrons. The predicted molar refractivity (Wildman–Crippen MR) is 130 cm³/mol. The first-order chi connectivity index (χ1) is 16.3. The van der Waals surface area contributed by atoms with Gasteiger partial charge in [-0.1, -0.05) is 25.1 Å². The lowest BCUT2D eigenvalue weighted by molar-refractivity contribution is -0.131. The van der Waals surface area contributed by atoms with Crippen molar-refractivity contribution in [3.8, 4) is 11.1 Å².